The van der Waals surface area contributed by atoms with E-state index in [0.717, 1.165) is 15.5 Å². The van der Waals surface area contributed by atoms with Gasteiger partial charge in [-0.1, -0.05) is 60.2 Å². The van der Waals surface area contributed by atoms with E-state index in [4.69, 9.17) is 0 Å². The third-order valence-corrected chi connectivity index (χ3v) is 6.47. The number of nitrogens with zero attached hydrogens (tertiary/aromatic N) is 2. The molecular formula is C22H19FN2O2S. The van der Waals surface area contributed by atoms with Crippen molar-refractivity contribution in [3.63, 3.8) is 0 Å². The van der Waals surface area contributed by atoms with Crippen molar-refractivity contribution in [1.29, 1.82) is 0 Å². The second-order valence-electron chi connectivity index (χ2n) is 6.78. The quantitative estimate of drug-likeness (QED) is 0.645. The molecule has 0 aromatic heterocycles. The molecular weight excluding hydrogens is 375 g/mol. The van der Waals surface area contributed by atoms with Gasteiger partial charge in [-0.25, -0.2) is 4.39 Å². The molecule has 28 heavy (non-hydrogen) atoms. The topological polar surface area (TPSA) is 49.7 Å². The Bertz CT molecular complexity index is 1130. The average Bonchev–Trinajstić information content (AvgIpc) is 3.15. The van der Waals surface area contributed by atoms with E-state index in [0.29, 0.717) is 17.7 Å². The molecule has 1 aliphatic rings. The number of sulfonamides is 1. The Balaban J connectivity index is 1.81. The van der Waals surface area contributed by atoms with Crippen molar-refractivity contribution in [2.75, 3.05) is 0 Å². The summed E-state index contributed by atoms with van der Waals surface area (Å²) in [5, 5.41) is 4.46. The smallest absolute Gasteiger partial charge is 0.207 e. The van der Waals surface area contributed by atoms with E-state index in [9.17, 15) is 12.8 Å². The summed E-state index contributed by atoms with van der Waals surface area (Å²) < 4.78 is 41.6. The van der Waals surface area contributed by atoms with Crippen molar-refractivity contribution >= 4 is 15.7 Å². The molecule has 3 aromatic rings. The first kappa shape index (κ1) is 18.4. The van der Waals surface area contributed by atoms with Crippen LogP contribution in [0.25, 0.3) is 0 Å². The molecule has 0 saturated carbocycles. The van der Waals surface area contributed by atoms with Crippen LogP contribution in [0, 0.1) is 12.7 Å². The molecule has 4 rings (SSSR count). The van der Waals surface area contributed by atoms with Crippen LogP contribution in [0.5, 0.6) is 0 Å². The van der Waals surface area contributed by atoms with Gasteiger partial charge in [-0.3, -0.25) is 0 Å². The van der Waals surface area contributed by atoms with Crippen molar-refractivity contribution in [3.8, 4) is 0 Å². The molecule has 0 radical (unpaired) electrons. The lowest BCUT2D eigenvalue weighted by atomic mass is 9.99. The molecule has 0 N–H and O–H groups in total. The maximum absolute atomic E-state index is 13.8. The van der Waals surface area contributed by atoms with Gasteiger partial charge in [0.2, 0.25) is 0 Å². The van der Waals surface area contributed by atoms with E-state index in [1.807, 2.05) is 37.3 Å². The zero-order valence-electron chi connectivity index (χ0n) is 15.3. The molecule has 0 fully saturated rings. The van der Waals surface area contributed by atoms with E-state index in [1.54, 1.807) is 36.4 Å². The number of hydrazone groups is 1. The van der Waals surface area contributed by atoms with Crippen molar-refractivity contribution in [1.82, 2.24) is 4.41 Å². The molecule has 4 nitrogen and oxygen atoms in total. The summed E-state index contributed by atoms with van der Waals surface area (Å²) in [7, 11) is -3.88. The number of aryl methyl sites for hydroxylation is 1. The van der Waals surface area contributed by atoms with Gasteiger partial charge in [0.1, 0.15) is 5.82 Å². The lowest BCUT2D eigenvalue weighted by Gasteiger charge is -2.23. The number of hydrogen-bond acceptors (Lipinski definition) is 3. The number of benzene rings is 3. The van der Waals surface area contributed by atoms with Crippen LogP contribution in [0.3, 0.4) is 0 Å². The van der Waals surface area contributed by atoms with Crippen LogP contribution in [0.1, 0.15) is 29.2 Å². The van der Waals surface area contributed by atoms with Gasteiger partial charge in [0.05, 0.1) is 16.6 Å². The lowest BCUT2D eigenvalue weighted by Crippen LogP contribution is -2.27. The number of hydrogen-bond donors (Lipinski definition) is 0. The first-order chi connectivity index (χ1) is 13.4. The van der Waals surface area contributed by atoms with Crippen LogP contribution >= 0.6 is 0 Å². The molecule has 142 valence electrons. The highest BCUT2D eigenvalue weighted by Crippen LogP contribution is 2.37. The van der Waals surface area contributed by atoms with E-state index in [1.165, 1.54) is 12.1 Å². The maximum atomic E-state index is 13.8. The highest BCUT2D eigenvalue weighted by molar-refractivity contribution is 7.89. The molecule has 0 bridgehead atoms. The van der Waals surface area contributed by atoms with E-state index in [-0.39, 0.29) is 4.90 Å². The summed E-state index contributed by atoms with van der Waals surface area (Å²) in [6.07, 6.45) is 0.374. The predicted molar refractivity (Wildman–Crippen MR) is 107 cm³/mol. The first-order valence-corrected chi connectivity index (χ1v) is 10.4. The highest BCUT2D eigenvalue weighted by Gasteiger charge is 2.37. The second-order valence-corrected chi connectivity index (χ2v) is 8.57. The van der Waals surface area contributed by atoms with E-state index < -0.39 is 21.9 Å². The Hall–Kier alpha value is -2.99. The first-order valence-electron chi connectivity index (χ1n) is 8.94. The molecule has 3 aromatic carbocycles. The van der Waals surface area contributed by atoms with Crippen LogP contribution < -0.4 is 0 Å². The van der Waals surface area contributed by atoms with Crippen LogP contribution in [-0.4, -0.2) is 18.5 Å². The third-order valence-electron chi connectivity index (χ3n) is 4.78. The third kappa shape index (κ3) is 3.43. The predicted octanol–water partition coefficient (Wildman–Crippen LogP) is 4.67. The SMILES string of the molecule is Cc1ccc(S(=O)(=O)N2N=C(c3ccccc3)C[C@H]2c2cccc(F)c2)cc1. The Morgan fingerprint density at radius 1 is 0.964 bits per heavy atom. The molecule has 0 saturated heterocycles. The molecule has 1 atom stereocenters. The summed E-state index contributed by atoms with van der Waals surface area (Å²) in [5.41, 5.74) is 3.05. The zero-order valence-corrected chi connectivity index (χ0v) is 16.1. The van der Waals surface area contributed by atoms with Crippen LogP contribution in [-0.2, 0) is 10.0 Å². The molecule has 0 amide bonds. The maximum Gasteiger partial charge on any atom is 0.279 e. The zero-order chi connectivity index (χ0) is 19.7. The van der Waals surface area contributed by atoms with E-state index in [2.05, 4.69) is 5.10 Å². The molecule has 1 aliphatic heterocycles. The van der Waals surface area contributed by atoms with Gasteiger partial charge in [-0.2, -0.15) is 17.9 Å². The Morgan fingerprint density at radius 2 is 1.68 bits per heavy atom. The Kier molecular flexibility index (Phi) is 4.73. The van der Waals surface area contributed by atoms with Gasteiger partial charge in [0, 0.05) is 6.42 Å². The fourth-order valence-corrected chi connectivity index (χ4v) is 4.73. The molecule has 0 spiro atoms. The largest absolute Gasteiger partial charge is 0.279 e. The molecule has 6 heteroatoms. The number of rotatable bonds is 4. The Morgan fingerprint density at radius 3 is 2.36 bits per heavy atom. The average molecular weight is 394 g/mol. The van der Waals surface area contributed by atoms with Gasteiger partial charge in [-0.15, -0.1) is 0 Å². The lowest BCUT2D eigenvalue weighted by molar-refractivity contribution is 0.370. The fourth-order valence-electron chi connectivity index (χ4n) is 3.30. The summed E-state index contributed by atoms with van der Waals surface area (Å²) in [6.45, 7) is 1.90. The second kappa shape index (κ2) is 7.20. The Labute approximate surface area is 164 Å². The summed E-state index contributed by atoms with van der Waals surface area (Å²) in [4.78, 5) is 0.164. The molecule has 0 aliphatic carbocycles. The van der Waals surface area contributed by atoms with Crippen molar-refractivity contribution < 1.29 is 12.8 Å². The van der Waals surface area contributed by atoms with Crippen molar-refractivity contribution in [2.45, 2.75) is 24.3 Å². The van der Waals surface area contributed by atoms with Gasteiger partial charge in [0.25, 0.3) is 10.0 Å². The van der Waals surface area contributed by atoms with Crippen molar-refractivity contribution in [3.05, 3.63) is 101 Å². The standard InChI is InChI=1S/C22H19FN2O2S/c1-16-10-12-20(13-11-16)28(26,27)25-22(18-8-5-9-19(23)14-18)15-21(24-25)17-6-3-2-4-7-17/h2-14,22H,15H2,1H3/t22-/m0/s1. The van der Waals surface area contributed by atoms with Crippen LogP contribution in [0.2, 0.25) is 0 Å². The van der Waals surface area contributed by atoms with Gasteiger partial charge in [0.15, 0.2) is 0 Å². The van der Waals surface area contributed by atoms with Crippen LogP contribution in [0.15, 0.2) is 88.9 Å². The van der Waals surface area contributed by atoms with Gasteiger partial charge >= 0.3 is 0 Å². The minimum atomic E-state index is -3.88. The van der Waals surface area contributed by atoms with Crippen molar-refractivity contribution in [2.24, 2.45) is 5.10 Å². The molecule has 0 unspecified atom stereocenters. The summed E-state index contributed by atoms with van der Waals surface area (Å²) in [6, 6.07) is 21.5. The minimum absolute atomic E-state index is 0.164. The van der Waals surface area contributed by atoms with E-state index >= 15 is 0 Å². The monoisotopic (exact) mass is 394 g/mol. The molecule has 1 heterocycles. The highest BCUT2D eigenvalue weighted by atomic mass is 32.2. The van der Waals surface area contributed by atoms with Gasteiger partial charge < -0.3 is 0 Å². The summed E-state index contributed by atoms with van der Waals surface area (Å²) >= 11 is 0. The normalized spacial score (nSPS) is 16.9. The minimum Gasteiger partial charge on any atom is -0.207 e. The van der Waals surface area contributed by atoms with Crippen LogP contribution in [0.4, 0.5) is 4.39 Å². The van der Waals surface area contributed by atoms with Gasteiger partial charge in [-0.05, 0) is 42.3 Å². The summed E-state index contributed by atoms with van der Waals surface area (Å²) in [5.74, 6) is -0.404. The fraction of sp³-hybridized carbons (Fsp3) is 0.136. The number of halogens is 1.